The molecule has 1 N–H and O–H groups in total. The van der Waals surface area contributed by atoms with Gasteiger partial charge in [0.05, 0.1) is 12.6 Å². The average Bonchev–Trinajstić information content (AvgIpc) is 2.06. The lowest BCUT2D eigenvalue weighted by atomic mass is 9.83. The summed E-state index contributed by atoms with van der Waals surface area (Å²) in [7, 11) is 1.72. The van der Waals surface area contributed by atoms with Crippen molar-refractivity contribution >= 4 is 0 Å². The number of halogens is 2. The first kappa shape index (κ1) is 12.8. The Labute approximate surface area is 90.3 Å². The standard InChI is InChI=1S/C11H21F2NO/c1-8-4-5-9(15)6-10(8)14(3)7-11(2,12)13/h8-10,15H,4-7H2,1-3H3. The van der Waals surface area contributed by atoms with Gasteiger partial charge < -0.3 is 5.11 Å². The summed E-state index contributed by atoms with van der Waals surface area (Å²) in [5.41, 5.74) is 0. The summed E-state index contributed by atoms with van der Waals surface area (Å²) in [6.07, 6.45) is 2.02. The van der Waals surface area contributed by atoms with Crippen molar-refractivity contribution in [3.63, 3.8) is 0 Å². The summed E-state index contributed by atoms with van der Waals surface area (Å²) >= 11 is 0. The predicted molar refractivity (Wildman–Crippen MR) is 56.1 cm³/mol. The summed E-state index contributed by atoms with van der Waals surface area (Å²) in [5.74, 6) is -2.27. The van der Waals surface area contributed by atoms with Gasteiger partial charge in [-0.05, 0) is 32.2 Å². The normalized spacial score (nSPS) is 33.4. The van der Waals surface area contributed by atoms with Crippen LogP contribution in [0.3, 0.4) is 0 Å². The topological polar surface area (TPSA) is 23.5 Å². The molecule has 0 saturated heterocycles. The highest BCUT2D eigenvalue weighted by Gasteiger charge is 2.33. The van der Waals surface area contributed by atoms with Gasteiger partial charge in [0.25, 0.3) is 5.92 Å². The highest BCUT2D eigenvalue weighted by Crippen LogP contribution is 2.29. The van der Waals surface area contributed by atoms with E-state index < -0.39 is 5.92 Å². The zero-order chi connectivity index (χ0) is 11.6. The van der Waals surface area contributed by atoms with E-state index in [9.17, 15) is 13.9 Å². The number of hydrogen-bond donors (Lipinski definition) is 1. The minimum Gasteiger partial charge on any atom is -0.393 e. The van der Waals surface area contributed by atoms with E-state index in [0.717, 1.165) is 19.8 Å². The van der Waals surface area contributed by atoms with Gasteiger partial charge in [0.15, 0.2) is 0 Å². The summed E-state index contributed by atoms with van der Waals surface area (Å²) in [6.45, 7) is 2.78. The van der Waals surface area contributed by atoms with Gasteiger partial charge >= 0.3 is 0 Å². The molecule has 4 heteroatoms. The number of nitrogens with zero attached hydrogens (tertiary/aromatic N) is 1. The minimum atomic E-state index is -2.66. The minimum absolute atomic E-state index is 0.0829. The van der Waals surface area contributed by atoms with Crippen molar-refractivity contribution < 1.29 is 13.9 Å². The fraction of sp³-hybridized carbons (Fsp3) is 1.00. The Balaban J connectivity index is 2.53. The highest BCUT2D eigenvalue weighted by atomic mass is 19.3. The fourth-order valence-electron chi connectivity index (χ4n) is 2.45. The smallest absolute Gasteiger partial charge is 0.257 e. The van der Waals surface area contributed by atoms with Crippen molar-refractivity contribution in [3.8, 4) is 0 Å². The van der Waals surface area contributed by atoms with Crippen molar-refractivity contribution in [2.45, 2.75) is 51.2 Å². The molecule has 1 saturated carbocycles. The zero-order valence-electron chi connectivity index (χ0n) is 9.71. The van der Waals surface area contributed by atoms with Crippen molar-refractivity contribution in [2.24, 2.45) is 5.92 Å². The van der Waals surface area contributed by atoms with Crippen molar-refractivity contribution in [1.82, 2.24) is 4.90 Å². The number of hydrogen-bond acceptors (Lipinski definition) is 2. The number of aliphatic hydroxyl groups excluding tert-OH is 1. The van der Waals surface area contributed by atoms with E-state index >= 15 is 0 Å². The molecule has 0 radical (unpaired) electrons. The molecule has 0 aromatic heterocycles. The van der Waals surface area contributed by atoms with Gasteiger partial charge in [0.1, 0.15) is 0 Å². The fourth-order valence-corrected chi connectivity index (χ4v) is 2.45. The third kappa shape index (κ3) is 4.03. The molecule has 0 bridgehead atoms. The van der Waals surface area contributed by atoms with Gasteiger partial charge in [-0.25, -0.2) is 8.78 Å². The molecule has 0 aliphatic heterocycles. The Hall–Kier alpha value is -0.220. The highest BCUT2D eigenvalue weighted by molar-refractivity contribution is 4.84. The molecule has 0 aromatic rings. The molecule has 0 amide bonds. The van der Waals surface area contributed by atoms with Crippen LogP contribution in [0.25, 0.3) is 0 Å². The SMILES string of the molecule is CC1CCC(O)CC1N(C)CC(C)(F)F. The Morgan fingerprint density at radius 2 is 2.00 bits per heavy atom. The Morgan fingerprint density at radius 3 is 2.53 bits per heavy atom. The van der Waals surface area contributed by atoms with Crippen LogP contribution in [-0.4, -0.2) is 41.7 Å². The molecule has 2 nitrogen and oxygen atoms in total. The van der Waals surface area contributed by atoms with Crippen LogP contribution in [0.1, 0.15) is 33.1 Å². The lowest BCUT2D eigenvalue weighted by molar-refractivity contribution is -0.0398. The van der Waals surface area contributed by atoms with Crippen LogP contribution in [0, 0.1) is 5.92 Å². The molecule has 90 valence electrons. The van der Waals surface area contributed by atoms with E-state index in [1.807, 2.05) is 0 Å². The lowest BCUT2D eigenvalue weighted by Gasteiger charge is -2.39. The molecule has 3 atom stereocenters. The molecule has 1 fully saturated rings. The molecule has 0 spiro atoms. The molecule has 15 heavy (non-hydrogen) atoms. The molecule has 1 aliphatic carbocycles. The Bertz CT molecular complexity index is 205. The first-order valence-electron chi connectivity index (χ1n) is 5.56. The van der Waals surface area contributed by atoms with Crippen LogP contribution in [0.2, 0.25) is 0 Å². The first-order valence-corrected chi connectivity index (χ1v) is 5.56. The summed E-state index contributed by atoms with van der Waals surface area (Å²) in [4.78, 5) is 1.69. The van der Waals surface area contributed by atoms with Crippen molar-refractivity contribution in [1.29, 1.82) is 0 Å². The molecular weight excluding hydrogens is 200 g/mol. The van der Waals surface area contributed by atoms with Crippen LogP contribution in [0.4, 0.5) is 8.78 Å². The van der Waals surface area contributed by atoms with E-state index in [0.29, 0.717) is 12.3 Å². The Kier molecular flexibility index (Phi) is 4.06. The van der Waals surface area contributed by atoms with E-state index in [4.69, 9.17) is 0 Å². The van der Waals surface area contributed by atoms with Crippen molar-refractivity contribution in [3.05, 3.63) is 0 Å². The maximum absolute atomic E-state index is 12.8. The van der Waals surface area contributed by atoms with Crippen LogP contribution in [0.15, 0.2) is 0 Å². The largest absolute Gasteiger partial charge is 0.393 e. The maximum atomic E-state index is 12.8. The van der Waals surface area contributed by atoms with Gasteiger partial charge in [-0.2, -0.15) is 0 Å². The van der Waals surface area contributed by atoms with E-state index in [1.165, 1.54) is 0 Å². The first-order chi connectivity index (χ1) is 6.79. The second-order valence-electron chi connectivity index (χ2n) is 5.00. The zero-order valence-corrected chi connectivity index (χ0v) is 9.71. The molecule has 0 heterocycles. The van der Waals surface area contributed by atoms with Crippen molar-refractivity contribution in [2.75, 3.05) is 13.6 Å². The van der Waals surface area contributed by atoms with Crippen LogP contribution >= 0.6 is 0 Å². The van der Waals surface area contributed by atoms with Gasteiger partial charge in [-0.1, -0.05) is 6.92 Å². The molecule has 3 unspecified atom stereocenters. The molecule has 1 rings (SSSR count). The second-order valence-corrected chi connectivity index (χ2v) is 5.00. The maximum Gasteiger partial charge on any atom is 0.257 e. The van der Waals surface area contributed by atoms with Crippen LogP contribution in [-0.2, 0) is 0 Å². The average molecular weight is 221 g/mol. The second kappa shape index (κ2) is 4.74. The molecular formula is C11H21F2NO. The van der Waals surface area contributed by atoms with Crippen LogP contribution in [0.5, 0.6) is 0 Å². The van der Waals surface area contributed by atoms with E-state index in [2.05, 4.69) is 6.92 Å². The lowest BCUT2D eigenvalue weighted by Crippen LogP contribution is -2.46. The molecule has 0 aromatic carbocycles. The number of aliphatic hydroxyl groups is 1. The van der Waals surface area contributed by atoms with Gasteiger partial charge in [-0.15, -0.1) is 0 Å². The monoisotopic (exact) mass is 221 g/mol. The van der Waals surface area contributed by atoms with E-state index in [-0.39, 0.29) is 18.7 Å². The molecule has 1 aliphatic rings. The number of rotatable bonds is 3. The quantitative estimate of drug-likeness (QED) is 0.789. The third-order valence-electron chi connectivity index (χ3n) is 3.22. The van der Waals surface area contributed by atoms with Gasteiger partial charge in [0.2, 0.25) is 0 Å². The van der Waals surface area contributed by atoms with Gasteiger partial charge in [0, 0.05) is 13.0 Å². The number of alkyl halides is 2. The summed E-state index contributed by atoms with van der Waals surface area (Å²) in [6, 6.07) is 0.0829. The Morgan fingerprint density at radius 1 is 1.40 bits per heavy atom. The summed E-state index contributed by atoms with van der Waals surface area (Å²) in [5, 5.41) is 9.53. The van der Waals surface area contributed by atoms with E-state index in [1.54, 1.807) is 11.9 Å². The van der Waals surface area contributed by atoms with Crippen LogP contribution < -0.4 is 0 Å². The van der Waals surface area contributed by atoms with Gasteiger partial charge in [-0.3, -0.25) is 4.90 Å². The predicted octanol–water partition coefficient (Wildman–Crippen LogP) is 2.12. The summed E-state index contributed by atoms with van der Waals surface area (Å²) < 4.78 is 25.7. The third-order valence-corrected chi connectivity index (χ3v) is 3.22.